The van der Waals surface area contributed by atoms with Gasteiger partial charge in [-0.2, -0.15) is 0 Å². The molecule has 1 aliphatic heterocycles. The van der Waals surface area contributed by atoms with Gasteiger partial charge in [0, 0.05) is 19.7 Å². The largest absolute Gasteiger partial charge is 0.478 e. The van der Waals surface area contributed by atoms with E-state index in [1.54, 1.807) is 0 Å². The van der Waals surface area contributed by atoms with Crippen LogP contribution in [-0.2, 0) is 14.8 Å². The van der Waals surface area contributed by atoms with Gasteiger partial charge in [-0.05, 0) is 31.5 Å². The first-order valence-electron chi connectivity index (χ1n) is 6.55. The molecule has 21 heavy (non-hydrogen) atoms. The monoisotopic (exact) mass is 314 g/mol. The van der Waals surface area contributed by atoms with Crippen LogP contribution in [0.3, 0.4) is 0 Å². The highest BCUT2D eigenvalue weighted by molar-refractivity contribution is 7.89. The number of carboxylic acids is 1. The molecule has 1 aromatic carbocycles. The summed E-state index contributed by atoms with van der Waals surface area (Å²) in [6, 6.07) is 3.91. The number of hydrogen-bond acceptors (Lipinski definition) is 5. The van der Waals surface area contributed by atoms with Gasteiger partial charge < -0.3 is 14.7 Å². The molecule has 3 N–H and O–H groups in total. The average Bonchev–Trinajstić information content (AvgIpc) is 2.61. The minimum Gasteiger partial charge on any atom is -0.478 e. The lowest BCUT2D eigenvalue weighted by atomic mass is 10.1. The van der Waals surface area contributed by atoms with Crippen molar-refractivity contribution in [2.24, 2.45) is 5.14 Å². The first kappa shape index (κ1) is 15.7. The minimum atomic E-state index is -3.93. The van der Waals surface area contributed by atoms with Gasteiger partial charge in [0.15, 0.2) is 0 Å². The Balaban J connectivity index is 2.45. The van der Waals surface area contributed by atoms with Crippen molar-refractivity contribution < 1.29 is 23.1 Å². The van der Waals surface area contributed by atoms with Gasteiger partial charge in [0.2, 0.25) is 10.0 Å². The van der Waals surface area contributed by atoms with Gasteiger partial charge >= 0.3 is 5.97 Å². The van der Waals surface area contributed by atoms with Crippen molar-refractivity contribution in [2.75, 3.05) is 24.6 Å². The maximum absolute atomic E-state index is 11.4. The smallest absolute Gasteiger partial charge is 0.337 e. The van der Waals surface area contributed by atoms with Crippen LogP contribution in [0.15, 0.2) is 23.1 Å². The molecular weight excluding hydrogens is 296 g/mol. The Bertz CT molecular complexity index is 644. The van der Waals surface area contributed by atoms with Crippen molar-refractivity contribution in [3.05, 3.63) is 23.8 Å². The van der Waals surface area contributed by atoms with Crippen molar-refractivity contribution in [3.63, 3.8) is 0 Å². The summed E-state index contributed by atoms with van der Waals surface area (Å²) in [6.07, 6.45) is 0.757. The Hall–Kier alpha value is -1.64. The van der Waals surface area contributed by atoms with Crippen LogP contribution in [0, 0.1) is 0 Å². The number of benzene rings is 1. The summed E-state index contributed by atoms with van der Waals surface area (Å²) in [7, 11) is -3.93. The van der Waals surface area contributed by atoms with E-state index in [-0.39, 0.29) is 16.6 Å². The molecule has 0 bridgehead atoms. The summed E-state index contributed by atoms with van der Waals surface area (Å²) in [5.74, 6) is -1.19. The second kappa shape index (κ2) is 6.00. The Labute approximate surface area is 123 Å². The highest BCUT2D eigenvalue weighted by atomic mass is 32.2. The fraction of sp³-hybridized carbons (Fsp3) is 0.462. The highest BCUT2D eigenvalue weighted by Crippen LogP contribution is 2.25. The number of nitrogens with zero attached hydrogens (tertiary/aromatic N) is 1. The number of ether oxygens (including phenoxy) is 1. The molecule has 0 saturated carbocycles. The molecule has 7 nitrogen and oxygen atoms in total. The van der Waals surface area contributed by atoms with Gasteiger partial charge in [0.05, 0.1) is 22.3 Å². The quantitative estimate of drug-likeness (QED) is 0.847. The molecule has 0 spiro atoms. The van der Waals surface area contributed by atoms with Crippen LogP contribution in [0.4, 0.5) is 5.69 Å². The number of rotatable bonds is 3. The van der Waals surface area contributed by atoms with Crippen molar-refractivity contribution >= 4 is 21.7 Å². The molecule has 1 unspecified atom stereocenters. The number of nitrogens with two attached hydrogens (primary N) is 1. The summed E-state index contributed by atoms with van der Waals surface area (Å²) in [6.45, 7) is 3.74. The molecule has 1 aliphatic rings. The van der Waals surface area contributed by atoms with Crippen LogP contribution in [-0.4, -0.2) is 45.3 Å². The van der Waals surface area contributed by atoms with Crippen LogP contribution in [0.1, 0.15) is 23.7 Å². The lowest BCUT2D eigenvalue weighted by Crippen LogP contribution is -2.31. The Morgan fingerprint density at radius 3 is 2.81 bits per heavy atom. The van der Waals surface area contributed by atoms with Crippen LogP contribution >= 0.6 is 0 Å². The number of primary sulfonamides is 1. The van der Waals surface area contributed by atoms with E-state index in [0.717, 1.165) is 12.5 Å². The van der Waals surface area contributed by atoms with Gasteiger partial charge in [-0.3, -0.25) is 0 Å². The van der Waals surface area contributed by atoms with E-state index in [4.69, 9.17) is 9.88 Å². The molecule has 2 rings (SSSR count). The fourth-order valence-electron chi connectivity index (χ4n) is 2.35. The Morgan fingerprint density at radius 2 is 2.19 bits per heavy atom. The lowest BCUT2D eigenvalue weighted by Gasteiger charge is -2.26. The van der Waals surface area contributed by atoms with E-state index in [2.05, 4.69) is 0 Å². The molecule has 1 aromatic rings. The van der Waals surface area contributed by atoms with E-state index in [1.807, 2.05) is 11.8 Å². The lowest BCUT2D eigenvalue weighted by molar-refractivity contribution is 0.0696. The summed E-state index contributed by atoms with van der Waals surface area (Å²) in [5.41, 5.74) is 0.405. The predicted octanol–water partition coefficient (Wildman–Crippen LogP) is 0.647. The summed E-state index contributed by atoms with van der Waals surface area (Å²) < 4.78 is 28.2. The van der Waals surface area contributed by atoms with E-state index >= 15 is 0 Å². The van der Waals surface area contributed by atoms with Crippen LogP contribution in [0.25, 0.3) is 0 Å². The molecule has 0 radical (unpaired) electrons. The third kappa shape index (κ3) is 3.72. The van der Waals surface area contributed by atoms with E-state index in [9.17, 15) is 18.3 Å². The maximum Gasteiger partial charge on any atom is 0.337 e. The summed E-state index contributed by atoms with van der Waals surface area (Å²) >= 11 is 0. The third-order valence-corrected chi connectivity index (χ3v) is 4.23. The summed E-state index contributed by atoms with van der Waals surface area (Å²) in [5, 5.41) is 14.4. The molecular formula is C13H18N2O5S. The fourth-order valence-corrected chi connectivity index (χ4v) is 2.89. The molecule has 0 aromatic heterocycles. The number of aromatic carboxylic acids is 1. The predicted molar refractivity (Wildman–Crippen MR) is 77.0 cm³/mol. The molecule has 116 valence electrons. The third-order valence-electron chi connectivity index (χ3n) is 3.32. The van der Waals surface area contributed by atoms with Crippen molar-refractivity contribution in [1.29, 1.82) is 0 Å². The SMILES string of the molecule is CC1CN(c2ccc(S(N)(=O)=O)cc2C(=O)O)CCCO1. The van der Waals surface area contributed by atoms with Gasteiger partial charge in [-0.1, -0.05) is 0 Å². The highest BCUT2D eigenvalue weighted by Gasteiger charge is 2.22. The first-order valence-corrected chi connectivity index (χ1v) is 8.10. The van der Waals surface area contributed by atoms with E-state index < -0.39 is 16.0 Å². The van der Waals surface area contributed by atoms with Gasteiger partial charge in [-0.25, -0.2) is 18.4 Å². The standard InChI is InChI=1S/C13H18N2O5S/c1-9-8-15(5-2-6-20-9)12-4-3-10(21(14,18)19)7-11(12)13(16)17/h3-4,7,9H,2,5-6,8H2,1H3,(H,16,17)(H2,14,18,19). The molecule has 1 heterocycles. The van der Waals surface area contributed by atoms with E-state index in [0.29, 0.717) is 25.4 Å². The zero-order chi connectivity index (χ0) is 15.6. The number of sulfonamides is 1. The summed E-state index contributed by atoms with van der Waals surface area (Å²) in [4.78, 5) is 13.1. The molecule has 1 saturated heterocycles. The average molecular weight is 314 g/mol. The number of hydrogen-bond donors (Lipinski definition) is 2. The molecule has 8 heteroatoms. The minimum absolute atomic E-state index is 0.0212. The van der Waals surface area contributed by atoms with Gasteiger partial charge in [0.25, 0.3) is 0 Å². The molecule has 1 atom stereocenters. The second-order valence-electron chi connectivity index (χ2n) is 5.01. The topological polar surface area (TPSA) is 110 Å². The molecule has 1 fully saturated rings. The van der Waals surface area contributed by atoms with Crippen LogP contribution < -0.4 is 10.0 Å². The molecule has 0 amide bonds. The van der Waals surface area contributed by atoms with Gasteiger partial charge in [-0.15, -0.1) is 0 Å². The zero-order valence-electron chi connectivity index (χ0n) is 11.7. The normalized spacial score (nSPS) is 20.1. The van der Waals surface area contributed by atoms with Crippen LogP contribution in [0.5, 0.6) is 0 Å². The van der Waals surface area contributed by atoms with E-state index in [1.165, 1.54) is 12.1 Å². The van der Waals surface area contributed by atoms with Crippen molar-refractivity contribution in [2.45, 2.75) is 24.3 Å². The van der Waals surface area contributed by atoms with Crippen molar-refractivity contribution in [3.8, 4) is 0 Å². The first-order chi connectivity index (χ1) is 9.79. The number of carbonyl (C=O) groups is 1. The Kier molecular flexibility index (Phi) is 4.50. The Morgan fingerprint density at radius 1 is 1.48 bits per heavy atom. The van der Waals surface area contributed by atoms with Crippen molar-refractivity contribution in [1.82, 2.24) is 0 Å². The van der Waals surface area contributed by atoms with Gasteiger partial charge in [0.1, 0.15) is 0 Å². The maximum atomic E-state index is 11.4. The molecule has 0 aliphatic carbocycles. The number of carboxylic acid groups (broad SMARTS) is 1. The number of anilines is 1. The zero-order valence-corrected chi connectivity index (χ0v) is 12.5. The second-order valence-corrected chi connectivity index (χ2v) is 6.57. The van der Waals surface area contributed by atoms with Crippen LogP contribution in [0.2, 0.25) is 0 Å².